The number of rotatable bonds is 6. The fourth-order valence-corrected chi connectivity index (χ4v) is 1.42. The van der Waals surface area contributed by atoms with E-state index in [1.165, 1.54) is 14.2 Å². The lowest BCUT2D eigenvalue weighted by Crippen LogP contribution is -2.35. The predicted octanol–water partition coefficient (Wildman–Crippen LogP) is 1.38. The van der Waals surface area contributed by atoms with Crippen molar-refractivity contribution in [1.82, 2.24) is 5.32 Å². The van der Waals surface area contributed by atoms with E-state index in [2.05, 4.69) is 5.32 Å². The fourth-order valence-electron chi connectivity index (χ4n) is 1.42. The van der Waals surface area contributed by atoms with Crippen molar-refractivity contribution in [1.29, 1.82) is 0 Å². The smallest absolute Gasteiger partial charge is 0.224 e. The van der Waals surface area contributed by atoms with Gasteiger partial charge in [0.2, 0.25) is 5.91 Å². The molecule has 0 aliphatic carbocycles. The van der Waals surface area contributed by atoms with Gasteiger partial charge < -0.3 is 14.8 Å². The number of carbonyl (C=O) groups is 1. The normalized spacial score (nSPS) is 10.8. The minimum absolute atomic E-state index is 0.0380. The van der Waals surface area contributed by atoms with Crippen molar-refractivity contribution in [3.63, 3.8) is 0 Å². The molecule has 1 amide bonds. The van der Waals surface area contributed by atoms with Crippen molar-refractivity contribution in [3.05, 3.63) is 35.1 Å². The van der Waals surface area contributed by atoms with Gasteiger partial charge in [-0.25, -0.2) is 13.2 Å². The molecule has 1 aromatic carbocycles. The third-order valence-corrected chi connectivity index (χ3v) is 2.43. The molecule has 0 fully saturated rings. The maximum atomic E-state index is 13.3. The topological polar surface area (TPSA) is 47.6 Å². The summed E-state index contributed by atoms with van der Waals surface area (Å²) in [5.41, 5.74) is -0.481. The van der Waals surface area contributed by atoms with Crippen molar-refractivity contribution in [2.45, 2.75) is 12.7 Å². The zero-order chi connectivity index (χ0) is 14.4. The highest BCUT2D eigenvalue weighted by molar-refractivity contribution is 5.78. The van der Waals surface area contributed by atoms with Crippen molar-refractivity contribution in [3.8, 4) is 0 Å². The molecule has 0 unspecified atom stereocenters. The lowest BCUT2D eigenvalue weighted by atomic mass is 10.1. The Kier molecular flexibility index (Phi) is 5.78. The molecule has 1 aromatic rings. The summed E-state index contributed by atoms with van der Waals surface area (Å²) in [7, 11) is 2.78. The van der Waals surface area contributed by atoms with E-state index in [-0.39, 0.29) is 6.54 Å². The summed E-state index contributed by atoms with van der Waals surface area (Å²) in [5.74, 6) is -3.84. The quantitative estimate of drug-likeness (QED) is 0.799. The van der Waals surface area contributed by atoms with Gasteiger partial charge in [-0.05, 0) is 0 Å². The summed E-state index contributed by atoms with van der Waals surface area (Å²) >= 11 is 0. The molecule has 0 heterocycles. The zero-order valence-electron chi connectivity index (χ0n) is 10.5. The highest BCUT2D eigenvalue weighted by atomic mass is 19.1. The minimum atomic E-state index is -1.09. The number of methoxy groups -OCH3 is 2. The number of hydrogen-bond acceptors (Lipinski definition) is 3. The van der Waals surface area contributed by atoms with Gasteiger partial charge >= 0.3 is 0 Å². The van der Waals surface area contributed by atoms with Gasteiger partial charge in [-0.3, -0.25) is 4.79 Å². The summed E-state index contributed by atoms with van der Waals surface area (Å²) in [6, 6.07) is 1.05. The Bertz CT molecular complexity index is 427. The number of halogens is 3. The first kappa shape index (κ1) is 15.5. The largest absolute Gasteiger partial charge is 0.354 e. The number of amides is 1. The van der Waals surface area contributed by atoms with Crippen LogP contribution in [0.1, 0.15) is 5.56 Å². The summed E-state index contributed by atoms with van der Waals surface area (Å²) < 4.78 is 48.9. The molecule has 4 nitrogen and oxygen atoms in total. The lowest BCUT2D eigenvalue weighted by molar-refractivity contribution is -0.126. The molecule has 1 N–H and O–H groups in total. The third-order valence-electron chi connectivity index (χ3n) is 2.43. The number of nitrogens with one attached hydrogen (secondary N) is 1. The average molecular weight is 277 g/mol. The summed E-state index contributed by atoms with van der Waals surface area (Å²) in [5, 5.41) is 2.39. The molecule has 19 heavy (non-hydrogen) atoms. The second-order valence-electron chi connectivity index (χ2n) is 3.73. The third kappa shape index (κ3) is 4.53. The molecule has 0 spiro atoms. The first-order valence-corrected chi connectivity index (χ1v) is 5.43. The minimum Gasteiger partial charge on any atom is -0.354 e. The van der Waals surface area contributed by atoms with E-state index < -0.39 is 41.6 Å². The lowest BCUT2D eigenvalue weighted by Gasteiger charge is -2.14. The average Bonchev–Trinajstić information content (AvgIpc) is 2.35. The van der Waals surface area contributed by atoms with Crippen LogP contribution in [-0.2, 0) is 20.7 Å². The first-order valence-electron chi connectivity index (χ1n) is 5.43. The monoisotopic (exact) mass is 277 g/mol. The van der Waals surface area contributed by atoms with E-state index in [0.29, 0.717) is 12.1 Å². The van der Waals surface area contributed by atoms with Crippen LogP contribution in [0.2, 0.25) is 0 Å². The van der Waals surface area contributed by atoms with E-state index in [1.54, 1.807) is 0 Å². The van der Waals surface area contributed by atoms with Crippen LogP contribution in [0.5, 0.6) is 0 Å². The van der Waals surface area contributed by atoms with Gasteiger partial charge in [0.25, 0.3) is 0 Å². The highest BCUT2D eigenvalue weighted by Crippen LogP contribution is 2.15. The molecule has 1 rings (SSSR count). The van der Waals surface area contributed by atoms with Crippen LogP contribution >= 0.6 is 0 Å². The van der Waals surface area contributed by atoms with Crippen molar-refractivity contribution >= 4 is 5.91 Å². The summed E-state index contributed by atoms with van der Waals surface area (Å²) in [6.07, 6.45) is -1.18. The van der Waals surface area contributed by atoms with Gasteiger partial charge in [-0.1, -0.05) is 0 Å². The molecule has 0 aliphatic rings. The van der Waals surface area contributed by atoms with Crippen LogP contribution < -0.4 is 5.32 Å². The molecule has 0 saturated heterocycles. The standard InChI is InChI=1S/C12H14F3NO3/c1-18-12(19-2)6-16-11(17)5-8-9(14)3-7(13)4-10(8)15/h3-4,12H,5-6H2,1-2H3,(H,16,17). The van der Waals surface area contributed by atoms with E-state index in [0.717, 1.165) is 0 Å². The van der Waals surface area contributed by atoms with Gasteiger partial charge in [0.1, 0.15) is 17.5 Å². The highest BCUT2D eigenvalue weighted by Gasteiger charge is 2.16. The van der Waals surface area contributed by atoms with E-state index in [9.17, 15) is 18.0 Å². The fraction of sp³-hybridized carbons (Fsp3) is 0.417. The summed E-state index contributed by atoms with van der Waals surface area (Å²) in [6.45, 7) is 0.0380. The van der Waals surface area contributed by atoms with Crippen LogP contribution in [0.3, 0.4) is 0 Å². The van der Waals surface area contributed by atoms with Crippen molar-refractivity contribution in [2.75, 3.05) is 20.8 Å². The Morgan fingerprint density at radius 3 is 2.21 bits per heavy atom. The van der Waals surface area contributed by atoms with Crippen LogP contribution in [0.25, 0.3) is 0 Å². The maximum Gasteiger partial charge on any atom is 0.224 e. The number of carbonyl (C=O) groups excluding carboxylic acids is 1. The van der Waals surface area contributed by atoms with Crippen LogP contribution in [-0.4, -0.2) is 33.0 Å². The molecule has 0 aromatic heterocycles. The van der Waals surface area contributed by atoms with Gasteiger partial charge in [-0.2, -0.15) is 0 Å². The van der Waals surface area contributed by atoms with Crippen LogP contribution in [0.4, 0.5) is 13.2 Å². The Hall–Kier alpha value is -1.60. The Morgan fingerprint density at radius 1 is 1.21 bits per heavy atom. The molecule has 0 atom stereocenters. The van der Waals surface area contributed by atoms with Gasteiger partial charge in [0, 0.05) is 31.9 Å². The number of benzene rings is 1. The molecule has 106 valence electrons. The number of ether oxygens (including phenoxy) is 2. The Labute approximate surface area is 108 Å². The van der Waals surface area contributed by atoms with Gasteiger partial charge in [-0.15, -0.1) is 0 Å². The van der Waals surface area contributed by atoms with Crippen molar-refractivity contribution in [2.24, 2.45) is 0 Å². The van der Waals surface area contributed by atoms with Gasteiger partial charge in [0.05, 0.1) is 13.0 Å². The predicted molar refractivity (Wildman–Crippen MR) is 60.8 cm³/mol. The van der Waals surface area contributed by atoms with Crippen molar-refractivity contribution < 1.29 is 27.4 Å². The molecule has 7 heteroatoms. The molecule has 0 aliphatic heterocycles. The molecule has 0 saturated carbocycles. The van der Waals surface area contributed by atoms with Crippen LogP contribution in [0, 0.1) is 17.5 Å². The molecular formula is C12H14F3NO3. The summed E-state index contributed by atoms with van der Waals surface area (Å²) in [4.78, 5) is 11.5. The molecular weight excluding hydrogens is 263 g/mol. The second kappa shape index (κ2) is 7.10. The Balaban J connectivity index is 2.62. The second-order valence-corrected chi connectivity index (χ2v) is 3.73. The number of hydrogen-bond donors (Lipinski definition) is 1. The van der Waals surface area contributed by atoms with E-state index in [1.807, 2.05) is 0 Å². The molecule has 0 bridgehead atoms. The van der Waals surface area contributed by atoms with Crippen LogP contribution in [0.15, 0.2) is 12.1 Å². The van der Waals surface area contributed by atoms with Gasteiger partial charge in [0.15, 0.2) is 6.29 Å². The maximum absolute atomic E-state index is 13.3. The van der Waals surface area contributed by atoms with E-state index >= 15 is 0 Å². The molecule has 0 radical (unpaired) electrons. The Morgan fingerprint density at radius 2 is 1.74 bits per heavy atom. The zero-order valence-corrected chi connectivity index (χ0v) is 10.5. The SMILES string of the molecule is COC(CNC(=O)Cc1c(F)cc(F)cc1F)OC. The van der Waals surface area contributed by atoms with E-state index in [4.69, 9.17) is 9.47 Å². The first-order chi connectivity index (χ1) is 8.97.